The maximum atomic E-state index is 13.9. The number of carbonyl (C=O) groups excluding carboxylic acids is 5. The topological polar surface area (TPSA) is 151 Å². The van der Waals surface area contributed by atoms with E-state index in [1.165, 1.54) is 4.90 Å². The van der Waals surface area contributed by atoms with E-state index >= 15 is 0 Å². The molecule has 0 radical (unpaired) electrons. The van der Waals surface area contributed by atoms with Crippen LogP contribution in [-0.4, -0.2) is 70.0 Å². The number of halogens is 2. The van der Waals surface area contributed by atoms with Crippen LogP contribution in [-0.2, 0) is 19.2 Å². The van der Waals surface area contributed by atoms with Crippen molar-refractivity contribution in [1.82, 2.24) is 20.9 Å². The summed E-state index contributed by atoms with van der Waals surface area (Å²) >= 11 is 12.7. The van der Waals surface area contributed by atoms with E-state index in [0.29, 0.717) is 0 Å². The molecule has 202 valence electrons. The Morgan fingerprint density at radius 1 is 1.06 bits per heavy atom. The molecule has 10 nitrogen and oxygen atoms in total. The predicted octanol–water partition coefficient (Wildman–Crippen LogP) is 1.47. The van der Waals surface area contributed by atoms with Gasteiger partial charge in [0.2, 0.25) is 17.6 Å². The van der Waals surface area contributed by atoms with Crippen molar-refractivity contribution in [1.29, 1.82) is 0 Å². The molecular formula is C24H37Cl2N5O5. The number of carbonyl (C=O) groups is 5. The summed E-state index contributed by atoms with van der Waals surface area (Å²) in [5.41, 5.74) is 4.79. The van der Waals surface area contributed by atoms with E-state index in [0.717, 1.165) is 32.1 Å². The van der Waals surface area contributed by atoms with Gasteiger partial charge in [0.1, 0.15) is 16.4 Å². The monoisotopic (exact) mass is 545 g/mol. The number of hydrogen-bond donors (Lipinski definition) is 4. The van der Waals surface area contributed by atoms with Gasteiger partial charge >= 0.3 is 6.03 Å². The summed E-state index contributed by atoms with van der Waals surface area (Å²) in [6.07, 6.45) is 4.54. The number of rotatable bonds is 8. The molecule has 0 spiro atoms. The first-order valence-electron chi connectivity index (χ1n) is 12.5. The average molecular weight is 546 g/mol. The van der Waals surface area contributed by atoms with Gasteiger partial charge < -0.3 is 26.6 Å². The van der Waals surface area contributed by atoms with Gasteiger partial charge in [-0.1, -0.05) is 40.0 Å². The van der Waals surface area contributed by atoms with Crippen molar-refractivity contribution in [2.75, 3.05) is 13.1 Å². The van der Waals surface area contributed by atoms with Crippen LogP contribution in [0.15, 0.2) is 0 Å². The fourth-order valence-corrected chi connectivity index (χ4v) is 5.94. The Bertz CT molecular complexity index is 915. The van der Waals surface area contributed by atoms with Crippen molar-refractivity contribution < 1.29 is 24.0 Å². The summed E-state index contributed by atoms with van der Waals surface area (Å²) in [6, 6.07) is -2.43. The van der Waals surface area contributed by atoms with E-state index in [1.807, 2.05) is 27.7 Å². The van der Waals surface area contributed by atoms with Gasteiger partial charge in [0, 0.05) is 24.4 Å². The third-order valence-electron chi connectivity index (χ3n) is 7.90. The van der Waals surface area contributed by atoms with E-state index in [-0.39, 0.29) is 35.7 Å². The number of nitrogens with zero attached hydrogens (tertiary/aromatic N) is 1. The van der Waals surface area contributed by atoms with Gasteiger partial charge in [-0.2, -0.15) is 0 Å². The highest BCUT2D eigenvalue weighted by atomic mass is 35.5. The first-order valence-corrected chi connectivity index (χ1v) is 13.3. The van der Waals surface area contributed by atoms with Gasteiger partial charge in [-0.3, -0.25) is 19.2 Å². The van der Waals surface area contributed by atoms with E-state index in [2.05, 4.69) is 16.0 Å². The second kappa shape index (κ2) is 10.7. The number of nitrogens with one attached hydrogen (secondary N) is 3. The maximum Gasteiger partial charge on any atom is 0.315 e. The number of nitrogens with two attached hydrogens (primary N) is 1. The average Bonchev–Trinajstić information content (AvgIpc) is 3.13. The lowest BCUT2D eigenvalue weighted by atomic mass is 9.83. The number of piperidine rings is 1. The number of Topliss-reactive ketones (excluding diaryl/α,β-unsaturated/α-hetero) is 1. The molecule has 1 heterocycles. The van der Waals surface area contributed by atoms with Crippen LogP contribution in [0.4, 0.5) is 4.79 Å². The molecule has 2 aliphatic carbocycles. The third-order valence-corrected chi connectivity index (χ3v) is 8.97. The molecule has 0 aromatic carbocycles. The summed E-state index contributed by atoms with van der Waals surface area (Å²) in [6.45, 7) is 7.50. The van der Waals surface area contributed by atoms with Crippen molar-refractivity contribution in [3.63, 3.8) is 0 Å². The fourth-order valence-electron chi connectivity index (χ4n) is 5.12. The standard InChI is InChI=1S/C24H37Cl2N5O5/c1-12(23(2,3)4)29-22(36)30-17(13-8-6-5-7-9-13)21(35)31-11-14-16(24(14,25)26)18(31)20(34)28-10-15(32)19(27)33/h12-14,16-18H,5-11H2,1-4H3,(H2,27,33)(H,28,34)(H2,29,30,36)/t12?,14-,16-,17-,18-/m0/s1. The van der Waals surface area contributed by atoms with Gasteiger partial charge in [-0.05, 0) is 31.1 Å². The van der Waals surface area contributed by atoms with Crippen molar-refractivity contribution in [2.24, 2.45) is 28.9 Å². The SMILES string of the molecule is CC(NC(=O)N[C@H](C(=O)N1C[C@H]2[C@@H]([C@H]1C(=O)NCC(=O)C(N)=O)C2(Cl)Cl)C1CCCCC1)C(C)(C)C. The van der Waals surface area contributed by atoms with Gasteiger partial charge in [-0.15, -0.1) is 23.2 Å². The van der Waals surface area contributed by atoms with Crippen LogP contribution in [0.2, 0.25) is 0 Å². The summed E-state index contributed by atoms with van der Waals surface area (Å²) in [7, 11) is 0. The summed E-state index contributed by atoms with van der Waals surface area (Å²) in [5, 5.41) is 8.19. The maximum absolute atomic E-state index is 13.9. The molecule has 1 unspecified atom stereocenters. The first-order chi connectivity index (χ1) is 16.7. The fraction of sp³-hybridized carbons (Fsp3) is 0.792. The summed E-state index contributed by atoms with van der Waals surface area (Å²) < 4.78 is -1.17. The predicted molar refractivity (Wildman–Crippen MR) is 135 cm³/mol. The lowest BCUT2D eigenvalue weighted by molar-refractivity contribution is -0.143. The Balaban J connectivity index is 1.79. The number of ketones is 1. The number of urea groups is 1. The number of alkyl halides is 2. The smallest absolute Gasteiger partial charge is 0.315 e. The van der Waals surface area contributed by atoms with Crippen LogP contribution >= 0.6 is 23.2 Å². The van der Waals surface area contributed by atoms with Crippen molar-refractivity contribution in [3.05, 3.63) is 0 Å². The lowest BCUT2D eigenvalue weighted by Crippen LogP contribution is -2.60. The number of fused-ring (bicyclic) bond motifs is 1. The molecular weight excluding hydrogens is 509 g/mol. The molecule has 1 saturated heterocycles. The van der Waals surface area contributed by atoms with Gasteiger partial charge in [0.15, 0.2) is 0 Å². The molecule has 3 aliphatic rings. The largest absolute Gasteiger partial charge is 0.363 e. The number of likely N-dealkylation sites (tertiary alicyclic amines) is 1. The highest BCUT2D eigenvalue weighted by molar-refractivity contribution is 6.51. The van der Waals surface area contributed by atoms with Crippen molar-refractivity contribution >= 4 is 52.7 Å². The van der Waals surface area contributed by atoms with Crippen molar-refractivity contribution in [2.45, 2.75) is 82.3 Å². The molecule has 5 N–H and O–H groups in total. The lowest BCUT2D eigenvalue weighted by Gasteiger charge is -2.37. The molecule has 0 aromatic heterocycles. The quantitative estimate of drug-likeness (QED) is 0.269. The van der Waals surface area contributed by atoms with Gasteiger partial charge in [-0.25, -0.2) is 4.79 Å². The molecule has 2 saturated carbocycles. The minimum Gasteiger partial charge on any atom is -0.363 e. The molecule has 36 heavy (non-hydrogen) atoms. The molecule has 0 bridgehead atoms. The van der Waals surface area contributed by atoms with Crippen LogP contribution in [0.5, 0.6) is 0 Å². The Kier molecular flexibility index (Phi) is 8.50. The number of primary amides is 1. The van der Waals surface area contributed by atoms with Crippen LogP contribution < -0.4 is 21.7 Å². The van der Waals surface area contributed by atoms with E-state index in [9.17, 15) is 24.0 Å². The number of hydrogen-bond acceptors (Lipinski definition) is 5. The Morgan fingerprint density at radius 2 is 1.67 bits per heavy atom. The highest BCUT2D eigenvalue weighted by Gasteiger charge is 2.74. The van der Waals surface area contributed by atoms with Crippen LogP contribution in [0.25, 0.3) is 0 Å². The minimum atomic E-state index is -1.17. The number of amides is 5. The van der Waals surface area contributed by atoms with Crippen LogP contribution in [0, 0.1) is 23.2 Å². The second-order valence-corrected chi connectivity index (χ2v) is 12.8. The first kappa shape index (κ1) is 28.5. The Hall–Kier alpha value is -2.07. The van der Waals surface area contributed by atoms with E-state index in [4.69, 9.17) is 28.9 Å². The van der Waals surface area contributed by atoms with Crippen LogP contribution in [0.3, 0.4) is 0 Å². The Labute approximate surface area is 221 Å². The van der Waals surface area contributed by atoms with E-state index < -0.39 is 52.5 Å². The molecule has 3 rings (SSSR count). The zero-order chi connectivity index (χ0) is 27.0. The highest BCUT2D eigenvalue weighted by Crippen LogP contribution is 2.65. The van der Waals surface area contributed by atoms with Crippen molar-refractivity contribution in [3.8, 4) is 0 Å². The van der Waals surface area contributed by atoms with E-state index in [1.54, 1.807) is 0 Å². The zero-order valence-corrected chi connectivity index (χ0v) is 22.7. The molecule has 3 fully saturated rings. The zero-order valence-electron chi connectivity index (χ0n) is 21.2. The van der Waals surface area contributed by atoms with Gasteiger partial charge in [0.25, 0.3) is 5.91 Å². The normalized spacial score (nSPS) is 26.8. The second-order valence-electron chi connectivity index (χ2n) is 11.3. The molecule has 5 atom stereocenters. The molecule has 1 aliphatic heterocycles. The third kappa shape index (κ3) is 6.07. The van der Waals surface area contributed by atoms with Crippen LogP contribution in [0.1, 0.15) is 59.8 Å². The molecule has 0 aromatic rings. The summed E-state index contributed by atoms with van der Waals surface area (Å²) in [4.78, 5) is 63.9. The Morgan fingerprint density at radius 3 is 2.22 bits per heavy atom. The summed E-state index contributed by atoms with van der Waals surface area (Å²) in [5.74, 6) is -4.04. The minimum absolute atomic E-state index is 0.0734. The van der Waals surface area contributed by atoms with Gasteiger partial charge in [0.05, 0.1) is 6.54 Å². The molecule has 5 amide bonds. The molecule has 12 heteroatoms.